The summed E-state index contributed by atoms with van der Waals surface area (Å²) in [6.07, 6.45) is 17.9. The van der Waals surface area contributed by atoms with E-state index in [2.05, 4.69) is 335 Å². The number of nitrogens with zero attached hydrogens (tertiary/aromatic N) is 4. The summed E-state index contributed by atoms with van der Waals surface area (Å²) in [7, 11) is 6.81. The van der Waals surface area contributed by atoms with Crippen molar-refractivity contribution in [3.05, 3.63) is 316 Å². The van der Waals surface area contributed by atoms with E-state index in [4.69, 9.17) is 37.9 Å². The van der Waals surface area contributed by atoms with Crippen LogP contribution in [0.2, 0.25) is 0 Å². The van der Waals surface area contributed by atoms with Crippen LogP contribution in [0.4, 0.5) is 0 Å². The Labute approximate surface area is 661 Å². The molecule has 114 heavy (non-hydrogen) atoms. The fraction of sp³-hybridized carbons (Fsp3) is 0.137. The van der Waals surface area contributed by atoms with Crippen LogP contribution in [0, 0.1) is 0 Å². The van der Waals surface area contributed by atoms with Crippen LogP contribution in [-0.2, 0) is 32.3 Å². The highest BCUT2D eigenvalue weighted by Crippen LogP contribution is 2.55. The van der Waals surface area contributed by atoms with Gasteiger partial charge in [-0.3, -0.25) is 0 Å². The molecule has 1 aliphatic rings. The molecule has 0 radical (unpaired) electrons. The van der Waals surface area contributed by atoms with Crippen molar-refractivity contribution >= 4 is 86.2 Å². The number of pyridine rings is 4. The topological polar surface area (TPSA) is 89.4 Å². The predicted molar refractivity (Wildman–Crippen MR) is 457 cm³/mol. The molecule has 12 nitrogen and oxygen atoms in total. The monoisotopic (exact) mass is 1490 g/mol. The minimum atomic E-state index is 0.314. The van der Waals surface area contributed by atoms with Gasteiger partial charge in [-0.25, -0.2) is 0 Å². The van der Waals surface area contributed by atoms with Crippen LogP contribution in [0.5, 0.6) is 23.0 Å². The molecule has 0 saturated heterocycles. The largest absolute Gasteiger partial charge is 0.487 e. The van der Waals surface area contributed by atoms with Gasteiger partial charge in [0.15, 0.2) is 72.6 Å². The molecule has 16 bridgehead atoms. The summed E-state index contributed by atoms with van der Waals surface area (Å²) in [4.78, 5) is 0. The second-order valence-corrected chi connectivity index (χ2v) is 29.1. The van der Waals surface area contributed by atoms with Gasteiger partial charge >= 0.3 is 13.3 Å². The van der Waals surface area contributed by atoms with Gasteiger partial charge in [0.2, 0.25) is 0 Å². The summed E-state index contributed by atoms with van der Waals surface area (Å²) in [6, 6.07) is 97.9. The highest BCUT2D eigenvalue weighted by atomic mass is 16.6. The smallest absolute Gasteiger partial charge is 0.343 e. The molecule has 12 heteroatoms. The number of hydrogen-bond donors (Lipinski definition) is 0. The first-order valence-corrected chi connectivity index (χ1v) is 39.0. The lowest BCUT2D eigenvalue weighted by Gasteiger charge is -2.24. The van der Waals surface area contributed by atoms with E-state index in [0.29, 0.717) is 89.2 Å². The van der Waals surface area contributed by atoms with Crippen molar-refractivity contribution in [2.45, 2.75) is 13.3 Å². The Morgan fingerprint density at radius 2 is 0.368 bits per heavy atom. The van der Waals surface area contributed by atoms with Gasteiger partial charge in [-0.2, -0.15) is 0 Å². The van der Waals surface area contributed by atoms with E-state index in [9.17, 15) is 0 Å². The van der Waals surface area contributed by atoms with Gasteiger partial charge in [-0.05, 0) is 179 Å². The molecule has 0 amide bonds. The first-order chi connectivity index (χ1) is 56.4. The Morgan fingerprint density at radius 3 is 0.535 bits per heavy atom. The van der Waals surface area contributed by atoms with E-state index >= 15 is 0 Å². The van der Waals surface area contributed by atoms with Crippen LogP contribution in [0.25, 0.3) is 175 Å². The molecule has 0 atom stereocenters. The first kappa shape index (κ1) is 71.1. The van der Waals surface area contributed by atoms with Gasteiger partial charge in [0, 0.05) is 97.2 Å². The van der Waals surface area contributed by atoms with Crippen molar-refractivity contribution in [3.8, 4) is 112 Å². The predicted octanol–water partition coefficient (Wildman–Crippen LogP) is 20.8. The molecule has 18 aromatic rings. The molecule has 1 aliphatic heterocycles. The van der Waals surface area contributed by atoms with Crippen molar-refractivity contribution in [2.75, 3.05) is 81.3 Å². The normalized spacial score (nSPS) is 12.0. The maximum atomic E-state index is 6.82. The van der Waals surface area contributed by atoms with E-state index in [0.717, 1.165) is 175 Å². The summed E-state index contributed by atoms with van der Waals surface area (Å²) < 4.78 is 59.0. The maximum Gasteiger partial charge on any atom is 0.343 e. The number of ether oxygens (including phenoxy) is 8. The Morgan fingerprint density at radius 1 is 0.202 bits per heavy atom. The number of benzene rings is 14. The van der Waals surface area contributed by atoms with Crippen molar-refractivity contribution in [1.29, 1.82) is 0 Å². The second-order valence-electron chi connectivity index (χ2n) is 29.1. The van der Waals surface area contributed by atoms with Gasteiger partial charge in [-0.1, -0.05) is 194 Å². The minimum Gasteiger partial charge on any atom is -0.487 e. The minimum absolute atomic E-state index is 0.314. The number of hydrogen-bond acceptors (Lipinski definition) is 8. The third-order valence-electron chi connectivity index (χ3n) is 22.4. The fourth-order valence-electron chi connectivity index (χ4n) is 17.7. The molecule has 0 spiro atoms. The molecule has 19 rings (SSSR count). The van der Waals surface area contributed by atoms with E-state index in [1.54, 1.807) is 28.4 Å². The lowest BCUT2D eigenvalue weighted by molar-refractivity contribution is -0.913. The average molecular weight is 1490 g/mol. The molecule has 0 N–H and O–H groups in total. The van der Waals surface area contributed by atoms with Gasteiger partial charge in [0.25, 0.3) is 0 Å². The van der Waals surface area contributed by atoms with E-state index in [1.165, 1.54) is 0 Å². The van der Waals surface area contributed by atoms with Crippen LogP contribution < -0.4 is 37.2 Å². The summed E-state index contributed by atoms with van der Waals surface area (Å²) in [5.41, 5.74) is 17.3. The molecule has 4 aromatic heterocycles. The molecular weight excluding hydrogens is 1410 g/mol. The third kappa shape index (κ3) is 12.9. The van der Waals surface area contributed by atoms with E-state index < -0.39 is 0 Å². The average Bonchev–Trinajstić information content (AvgIpc) is 0.716. The molecule has 0 unspecified atom stereocenters. The Hall–Kier alpha value is -13.2. The molecule has 0 fully saturated rings. The zero-order valence-corrected chi connectivity index (χ0v) is 64.1. The zero-order chi connectivity index (χ0) is 76.6. The highest BCUT2D eigenvalue weighted by Gasteiger charge is 2.31. The van der Waals surface area contributed by atoms with Crippen molar-refractivity contribution in [2.24, 2.45) is 0 Å². The fourth-order valence-corrected chi connectivity index (χ4v) is 17.7. The summed E-state index contributed by atoms with van der Waals surface area (Å²) in [5, 5.41) is 17.7. The van der Waals surface area contributed by atoms with Gasteiger partial charge < -0.3 is 37.9 Å². The summed E-state index contributed by atoms with van der Waals surface area (Å²) in [5.74, 6) is 2.46. The van der Waals surface area contributed by atoms with Gasteiger partial charge in [-0.15, -0.1) is 18.3 Å². The number of rotatable bonds is 16. The van der Waals surface area contributed by atoms with Gasteiger partial charge in [0.05, 0.1) is 26.4 Å². The van der Waals surface area contributed by atoms with Crippen LogP contribution in [-0.4, -0.2) is 81.3 Å². The molecule has 0 saturated carbocycles. The maximum absolute atomic E-state index is 6.82. The second kappa shape index (κ2) is 31.2. The van der Waals surface area contributed by atoms with Crippen molar-refractivity contribution in [1.82, 2.24) is 0 Å². The standard InChI is InChI=1S/C102H84N4O8/c1-107-49-53-111-91-57-87-88(58-92(91)112-54-50-108-2)100-81-39-15-7-31-73(81)96(74-32-8-16-40-82(74)100)68-26-22-46-104(62-68)66-106-48-24-28-70(64-106)98-77-35-11-19-43-85(77)102(86-44-20-12-36-78(86)98)90-60-94(114-56-52-110-4)93(113-55-51-109-3)59-89(90)101-83-41-17-9-33-75(83)97(76-34-10-18-42-84(76)101)69-27-23-47-105(63-69)65-103-45-21-25-67(61-103)95-71-29-5-13-37-79(71)99(87)80-38-14-6-30-72(80)95/h5-48,57-64H,49-56,65-66H2,1-4H3/q+4. The van der Waals surface area contributed by atoms with Crippen molar-refractivity contribution in [3.63, 3.8) is 0 Å². The SMILES string of the molecule is COCCOc1cc2c(cc1OCCOC)-c1c3ccccc3c(c3ccccc13)-c1ccc[n+](c1)C[n+]1cccc(c1)-c1c3ccccc3c(c3ccccc13)-c1cc(OCCOC)c(OCCOC)cc1-c1c3ccccc3c(c3ccccc13)-c1ccc[n+](c1)C[n+]1cccc(c1)-c1c3ccccc3c-2c2ccccc12. The Kier molecular flexibility index (Phi) is 19.4. The quantitative estimate of drug-likeness (QED) is 0.0537. The summed E-state index contributed by atoms with van der Waals surface area (Å²) >= 11 is 0. The molecule has 5 heterocycles. The molecule has 556 valence electrons. The molecular formula is C102H84N4O8+4. The van der Waals surface area contributed by atoms with Crippen LogP contribution in [0.3, 0.4) is 0 Å². The van der Waals surface area contributed by atoms with Crippen LogP contribution in [0.1, 0.15) is 0 Å². The van der Waals surface area contributed by atoms with Crippen LogP contribution >= 0.6 is 0 Å². The van der Waals surface area contributed by atoms with Crippen molar-refractivity contribution < 1.29 is 56.2 Å². The lowest BCUT2D eigenvalue weighted by Crippen LogP contribution is -2.51. The molecule has 14 aromatic carbocycles. The van der Waals surface area contributed by atoms with Crippen LogP contribution in [0.15, 0.2) is 316 Å². The number of aromatic nitrogens is 4. The Bertz CT molecular complexity index is 5760. The highest BCUT2D eigenvalue weighted by molar-refractivity contribution is 6.29. The van der Waals surface area contributed by atoms with Gasteiger partial charge in [0.1, 0.15) is 26.4 Å². The summed E-state index contributed by atoms with van der Waals surface area (Å²) in [6.45, 7) is 3.88. The number of methoxy groups -OCH3 is 4. The molecule has 0 aliphatic carbocycles. The van der Waals surface area contributed by atoms with E-state index in [1.807, 2.05) is 0 Å². The Balaban J connectivity index is 0.891. The number of fused-ring (bicyclic) bond motifs is 30. The lowest BCUT2D eigenvalue weighted by atomic mass is 9.81. The first-order valence-electron chi connectivity index (χ1n) is 39.0. The van der Waals surface area contributed by atoms with E-state index in [-0.39, 0.29) is 0 Å². The third-order valence-corrected chi connectivity index (χ3v) is 22.4. The zero-order valence-electron chi connectivity index (χ0n) is 64.1.